The van der Waals surface area contributed by atoms with E-state index in [-0.39, 0.29) is 13.4 Å². The Labute approximate surface area is 533 Å². The molecule has 7 nitrogen and oxygen atoms in total. The van der Waals surface area contributed by atoms with E-state index in [4.69, 9.17) is 4.74 Å². The third-order valence-electron chi connectivity index (χ3n) is 21.4. The summed E-state index contributed by atoms with van der Waals surface area (Å²) in [6.07, 6.45) is 0. The molecule has 0 saturated heterocycles. The number of anilines is 6. The maximum absolute atomic E-state index is 6.66. The Hall–Kier alpha value is -12.2. The first-order chi connectivity index (χ1) is 46.2. The number of fused-ring (bicyclic) bond motifs is 22. The summed E-state index contributed by atoms with van der Waals surface area (Å²) in [5, 5.41) is 10.1. The highest BCUT2D eigenvalue weighted by atomic mass is 16.5. The largest absolute Gasteiger partial charge is 0.453 e. The topological polar surface area (TPSA) is 35.4 Å². The maximum Gasteiger partial charge on any atom is 0.252 e. The Morgan fingerprint density at radius 3 is 1.17 bits per heavy atom. The van der Waals surface area contributed by atoms with Gasteiger partial charge >= 0.3 is 0 Å². The SMILES string of the molecule is c1ccc(N(c2cccc(-c3cc4c5c(c3)c3ccccc3n5-c3cc(N5c6ccccc6Oc6ccccc65)cc5c3B4c3cccc4c6ccccc6n-5c34)c2)c2cc3c4c(c2)-n2c5ccccc5c5cccc(c52)B4c2cccc4c5ccccc5n-3c24)cc1. The Morgan fingerprint density at radius 1 is 0.258 bits per heavy atom. The number of benzene rings is 14. The molecule has 0 N–H and O–H groups in total. The third kappa shape index (κ3) is 6.08. The third-order valence-corrected chi connectivity index (χ3v) is 21.4. The lowest BCUT2D eigenvalue weighted by Crippen LogP contribution is -2.59. The molecule has 14 aromatic carbocycles. The van der Waals surface area contributed by atoms with Crippen LogP contribution in [0.2, 0.25) is 0 Å². The maximum atomic E-state index is 6.66. The first kappa shape index (κ1) is 48.7. The monoisotopic (exact) mass is 1180 g/mol. The lowest BCUT2D eigenvalue weighted by molar-refractivity contribution is 0.477. The van der Waals surface area contributed by atoms with Gasteiger partial charge in [0.1, 0.15) is 0 Å². The molecule has 0 unspecified atom stereocenters. The van der Waals surface area contributed by atoms with Gasteiger partial charge in [-0.15, -0.1) is 0 Å². The number of nitrogens with zero attached hydrogens (tertiary/aromatic N) is 6. The predicted molar refractivity (Wildman–Crippen MR) is 388 cm³/mol. The van der Waals surface area contributed by atoms with Gasteiger partial charge < -0.3 is 32.8 Å². The minimum atomic E-state index is -0.0869. The van der Waals surface area contributed by atoms with E-state index in [0.717, 1.165) is 51.2 Å². The van der Waals surface area contributed by atoms with E-state index in [1.807, 2.05) is 0 Å². The van der Waals surface area contributed by atoms with Gasteiger partial charge in [-0.2, -0.15) is 0 Å². The van der Waals surface area contributed by atoms with E-state index in [0.29, 0.717) is 0 Å². The summed E-state index contributed by atoms with van der Waals surface area (Å²) < 4.78 is 17.0. The highest BCUT2D eigenvalue weighted by molar-refractivity contribution is 7.01. The van der Waals surface area contributed by atoms with Crippen LogP contribution in [-0.2, 0) is 0 Å². The predicted octanol–water partition coefficient (Wildman–Crippen LogP) is 17.1. The van der Waals surface area contributed by atoms with Crippen molar-refractivity contribution in [2.75, 3.05) is 9.80 Å². The van der Waals surface area contributed by atoms with E-state index in [1.54, 1.807) is 0 Å². The van der Waals surface area contributed by atoms with Crippen LogP contribution in [0.5, 0.6) is 11.5 Å². The molecule has 0 atom stereocenters. The molecule has 0 spiro atoms. The van der Waals surface area contributed by atoms with E-state index in [2.05, 4.69) is 319 Å². The van der Waals surface area contributed by atoms with Gasteiger partial charge in [-0.1, -0.05) is 188 Å². The summed E-state index contributed by atoms with van der Waals surface area (Å²) in [4.78, 5) is 4.91. The van der Waals surface area contributed by atoms with Gasteiger partial charge in [0.2, 0.25) is 0 Å². The first-order valence-electron chi connectivity index (χ1n) is 32.3. The van der Waals surface area contributed by atoms with Crippen LogP contribution in [0, 0.1) is 0 Å². The highest BCUT2D eigenvalue weighted by Gasteiger charge is 2.44. The Balaban J connectivity index is 0.778. The summed E-state index contributed by atoms with van der Waals surface area (Å²) in [7, 11) is 0. The molecule has 0 fully saturated rings. The number of hydrogen-bond donors (Lipinski definition) is 0. The van der Waals surface area contributed by atoms with Crippen molar-refractivity contribution in [3.63, 3.8) is 0 Å². The highest BCUT2D eigenvalue weighted by Crippen LogP contribution is 2.53. The zero-order valence-electron chi connectivity index (χ0n) is 50.0. The molecule has 0 saturated carbocycles. The van der Waals surface area contributed by atoms with E-state index in [9.17, 15) is 0 Å². The van der Waals surface area contributed by atoms with Crippen LogP contribution < -0.4 is 47.3 Å². The molecule has 5 aliphatic rings. The fourth-order valence-corrected chi connectivity index (χ4v) is 17.9. The van der Waals surface area contributed by atoms with Crippen LogP contribution in [0.1, 0.15) is 0 Å². The molecule has 0 radical (unpaired) electrons. The van der Waals surface area contributed by atoms with Gasteiger partial charge in [0, 0.05) is 99.3 Å². The van der Waals surface area contributed by atoms with Crippen molar-refractivity contribution in [3.8, 4) is 45.4 Å². The molecule has 426 valence electrons. The molecule has 5 aliphatic heterocycles. The van der Waals surface area contributed by atoms with Crippen LogP contribution in [-0.4, -0.2) is 31.7 Å². The molecule has 0 amide bonds. The normalized spacial score (nSPS) is 13.4. The Morgan fingerprint density at radius 2 is 0.656 bits per heavy atom. The van der Waals surface area contributed by atoms with Gasteiger partial charge in [-0.3, -0.25) is 0 Å². The fraction of sp³-hybridized carbons (Fsp3) is 0. The lowest BCUT2D eigenvalue weighted by Gasteiger charge is -2.37. The second-order valence-electron chi connectivity index (χ2n) is 25.9. The molecule has 0 aliphatic carbocycles. The van der Waals surface area contributed by atoms with E-state index in [1.165, 1.54) is 148 Å². The zero-order chi connectivity index (χ0) is 60.1. The quantitative estimate of drug-likeness (QED) is 0.161. The van der Waals surface area contributed by atoms with Crippen molar-refractivity contribution in [3.05, 3.63) is 291 Å². The van der Waals surface area contributed by atoms with Crippen molar-refractivity contribution < 1.29 is 4.74 Å². The molecule has 0 bridgehead atoms. The van der Waals surface area contributed by atoms with Gasteiger partial charge in [-0.05, 0) is 147 Å². The van der Waals surface area contributed by atoms with E-state index >= 15 is 0 Å². The summed E-state index contributed by atoms with van der Waals surface area (Å²) in [5.41, 5.74) is 31.3. The Kier molecular flexibility index (Phi) is 9.11. The summed E-state index contributed by atoms with van der Waals surface area (Å²) >= 11 is 0. The smallest absolute Gasteiger partial charge is 0.252 e. The van der Waals surface area contributed by atoms with Crippen LogP contribution >= 0.6 is 0 Å². The summed E-state index contributed by atoms with van der Waals surface area (Å²) in [5.74, 6) is 1.66. The summed E-state index contributed by atoms with van der Waals surface area (Å²) in [6.45, 7) is -0.0547. The van der Waals surface area contributed by atoms with E-state index < -0.39 is 0 Å². The van der Waals surface area contributed by atoms with Crippen molar-refractivity contribution in [1.82, 2.24) is 18.3 Å². The number of hydrogen-bond acceptors (Lipinski definition) is 3. The molecule has 9 heteroatoms. The number of aromatic nitrogens is 4. The fourth-order valence-electron chi connectivity index (χ4n) is 17.9. The van der Waals surface area contributed by atoms with Crippen molar-refractivity contribution in [2.45, 2.75) is 0 Å². The average molecular weight is 1180 g/mol. The molecule has 4 aromatic heterocycles. The van der Waals surface area contributed by atoms with Crippen molar-refractivity contribution in [2.24, 2.45) is 0 Å². The van der Waals surface area contributed by atoms with Gasteiger partial charge in [-0.25, -0.2) is 0 Å². The van der Waals surface area contributed by atoms with Crippen molar-refractivity contribution >= 4 is 168 Å². The van der Waals surface area contributed by atoms with Crippen LogP contribution in [0.25, 0.3) is 121 Å². The second kappa shape index (κ2) is 17.4. The molecule has 23 rings (SSSR count). The number of ether oxygens (including phenoxy) is 1. The molecule has 9 heterocycles. The molecular weight excluding hydrogens is 1130 g/mol. The van der Waals surface area contributed by atoms with Crippen LogP contribution in [0.3, 0.4) is 0 Å². The second-order valence-corrected chi connectivity index (χ2v) is 25.9. The zero-order valence-corrected chi connectivity index (χ0v) is 50.0. The number of rotatable bonds is 5. The molecular formula is C84H48B2N6O. The molecule has 18 aromatic rings. The van der Waals surface area contributed by atoms with Gasteiger partial charge in [0.15, 0.2) is 11.5 Å². The minimum absolute atomic E-state index is 0.0323. The van der Waals surface area contributed by atoms with Gasteiger partial charge in [0.05, 0.1) is 44.8 Å². The van der Waals surface area contributed by atoms with Gasteiger partial charge in [0.25, 0.3) is 13.4 Å². The van der Waals surface area contributed by atoms with Crippen LogP contribution in [0.4, 0.5) is 34.1 Å². The molecule has 93 heavy (non-hydrogen) atoms. The first-order valence-corrected chi connectivity index (χ1v) is 32.3. The van der Waals surface area contributed by atoms with Crippen molar-refractivity contribution in [1.29, 1.82) is 0 Å². The number of para-hydroxylation sites is 12. The van der Waals surface area contributed by atoms with Crippen LogP contribution in [0.15, 0.2) is 291 Å². The lowest BCUT2D eigenvalue weighted by atomic mass is 9.34. The Bertz CT molecular complexity index is 6280. The summed E-state index contributed by atoms with van der Waals surface area (Å²) in [6, 6.07) is 109. The standard InChI is InChI=1S/C84H48B2N6O/c1-2-21-51(22-3-1)87(53-45-73-79-74(46-53)90-68-35-9-5-25-56(68)60-29-18-32-64(82(60)90)85(79)63-31-17-28-59-55-24-4-8-34-67(55)89(73)81(59)63)52-23-16-20-49(42-52)50-43-62-58-27-7-11-37-70(58)92-76-48-54(88-71-38-12-14-40-77(71)93-78-41-15-13-39-72(78)88)47-75-80(76)86(66(44-50)84(62)92)65-33-19-30-61-57-26-6-10-36-69(57)91(75)83(61)65/h1-48H. The average Bonchev–Trinajstić information content (AvgIpc) is 1.59. The minimum Gasteiger partial charge on any atom is -0.453 e.